The molecule has 0 amide bonds. The van der Waals surface area contributed by atoms with E-state index < -0.39 is 5.97 Å². The van der Waals surface area contributed by atoms with E-state index in [0.717, 1.165) is 0 Å². The van der Waals surface area contributed by atoms with Gasteiger partial charge in [0.2, 0.25) is 11.8 Å². The third kappa shape index (κ3) is 4.52. The fraction of sp³-hybridized carbons (Fsp3) is 0.150. The molecule has 0 saturated carbocycles. The molecule has 0 aliphatic carbocycles. The van der Waals surface area contributed by atoms with Crippen molar-refractivity contribution in [1.29, 1.82) is 0 Å². The zero-order valence-electron chi connectivity index (χ0n) is 15.7. The second-order valence-electron chi connectivity index (χ2n) is 5.63. The first kappa shape index (κ1) is 20.7. The molecule has 0 N–H and O–H groups in total. The third-order valence-electron chi connectivity index (χ3n) is 3.92. The molecule has 150 valence electrons. The van der Waals surface area contributed by atoms with Gasteiger partial charge in [-0.2, -0.15) is 9.97 Å². The Morgan fingerprint density at radius 2 is 1.59 bits per heavy atom. The summed E-state index contributed by atoms with van der Waals surface area (Å²) in [7, 11) is 4.18. The summed E-state index contributed by atoms with van der Waals surface area (Å²) in [6.45, 7) is 0. The predicted molar refractivity (Wildman–Crippen MR) is 108 cm³/mol. The number of hydrogen-bond donors (Lipinski definition) is 0. The number of nitrogens with zero attached hydrogens (tertiary/aromatic N) is 2. The SMILES string of the molecule is COC(=O)c1c(Oc2nc(OC)cc(OC)n2)cccc1-c1ccc(Cl)cc1Cl. The first-order valence-electron chi connectivity index (χ1n) is 8.28. The van der Waals surface area contributed by atoms with Crippen molar-refractivity contribution in [3.8, 4) is 34.6 Å². The van der Waals surface area contributed by atoms with Crippen LogP contribution in [0.1, 0.15) is 10.4 Å². The van der Waals surface area contributed by atoms with Crippen molar-refractivity contribution in [3.05, 3.63) is 58.1 Å². The number of aromatic nitrogens is 2. The smallest absolute Gasteiger partial charge is 0.342 e. The van der Waals surface area contributed by atoms with E-state index in [1.807, 2.05) is 0 Å². The Labute approximate surface area is 177 Å². The zero-order valence-corrected chi connectivity index (χ0v) is 17.2. The lowest BCUT2D eigenvalue weighted by Crippen LogP contribution is -2.07. The number of rotatable bonds is 6. The van der Waals surface area contributed by atoms with Gasteiger partial charge in [0.15, 0.2) is 0 Å². The molecular formula is C20H16Cl2N2O5. The molecule has 0 spiro atoms. The van der Waals surface area contributed by atoms with Crippen LogP contribution in [0.4, 0.5) is 0 Å². The van der Waals surface area contributed by atoms with Crippen LogP contribution >= 0.6 is 23.2 Å². The van der Waals surface area contributed by atoms with E-state index in [1.54, 1.807) is 36.4 Å². The second-order valence-corrected chi connectivity index (χ2v) is 6.48. The number of carbonyl (C=O) groups excluding carboxylic acids is 1. The van der Waals surface area contributed by atoms with E-state index in [-0.39, 0.29) is 29.1 Å². The maximum Gasteiger partial charge on any atom is 0.342 e. The first-order valence-corrected chi connectivity index (χ1v) is 9.04. The minimum absolute atomic E-state index is 0.0642. The van der Waals surface area contributed by atoms with Crippen LogP contribution in [0.3, 0.4) is 0 Å². The van der Waals surface area contributed by atoms with Gasteiger partial charge in [0.1, 0.15) is 11.3 Å². The van der Waals surface area contributed by atoms with Crippen molar-refractivity contribution >= 4 is 29.2 Å². The standard InChI is InChI=1S/C20H16Cl2N2O5/c1-26-16-10-17(27-2)24-20(23-16)29-15-6-4-5-13(18(15)19(25)28-3)12-8-7-11(21)9-14(12)22/h4-10H,1-3H3. The summed E-state index contributed by atoms with van der Waals surface area (Å²) in [4.78, 5) is 20.8. The van der Waals surface area contributed by atoms with Crippen molar-refractivity contribution in [3.63, 3.8) is 0 Å². The van der Waals surface area contributed by atoms with Gasteiger partial charge in [0.25, 0.3) is 0 Å². The molecule has 0 saturated heterocycles. The number of hydrogen-bond acceptors (Lipinski definition) is 7. The number of benzene rings is 2. The van der Waals surface area contributed by atoms with Gasteiger partial charge in [-0.3, -0.25) is 0 Å². The highest BCUT2D eigenvalue weighted by Crippen LogP contribution is 2.38. The monoisotopic (exact) mass is 434 g/mol. The largest absolute Gasteiger partial charge is 0.481 e. The molecule has 0 aliphatic heterocycles. The first-order chi connectivity index (χ1) is 14.0. The van der Waals surface area contributed by atoms with Crippen LogP contribution in [-0.2, 0) is 4.74 Å². The lowest BCUT2D eigenvalue weighted by atomic mass is 9.98. The lowest BCUT2D eigenvalue weighted by Gasteiger charge is -2.15. The quantitative estimate of drug-likeness (QED) is 0.502. The van der Waals surface area contributed by atoms with Crippen LogP contribution in [0.2, 0.25) is 10.0 Å². The summed E-state index contributed by atoms with van der Waals surface area (Å²) in [5.41, 5.74) is 1.25. The Kier molecular flexibility index (Phi) is 6.41. The fourth-order valence-corrected chi connectivity index (χ4v) is 3.11. The number of ether oxygens (including phenoxy) is 4. The van der Waals surface area contributed by atoms with E-state index in [0.29, 0.717) is 21.2 Å². The highest BCUT2D eigenvalue weighted by molar-refractivity contribution is 6.36. The van der Waals surface area contributed by atoms with E-state index in [1.165, 1.54) is 27.4 Å². The summed E-state index contributed by atoms with van der Waals surface area (Å²) in [5.74, 6) is 0.0406. The minimum atomic E-state index is -0.614. The molecule has 0 aliphatic rings. The van der Waals surface area contributed by atoms with Gasteiger partial charge in [-0.25, -0.2) is 4.79 Å². The van der Waals surface area contributed by atoms with Crippen LogP contribution in [0.5, 0.6) is 23.5 Å². The Morgan fingerprint density at radius 1 is 0.897 bits per heavy atom. The summed E-state index contributed by atoms with van der Waals surface area (Å²) in [6.07, 6.45) is 0. The fourth-order valence-electron chi connectivity index (χ4n) is 2.60. The molecule has 3 rings (SSSR count). The van der Waals surface area contributed by atoms with E-state index in [4.69, 9.17) is 42.1 Å². The Morgan fingerprint density at radius 3 is 2.17 bits per heavy atom. The second kappa shape index (κ2) is 8.98. The van der Waals surface area contributed by atoms with Crippen LogP contribution in [0.25, 0.3) is 11.1 Å². The molecule has 1 aromatic heterocycles. The molecule has 9 heteroatoms. The molecule has 0 fully saturated rings. The third-order valence-corrected chi connectivity index (χ3v) is 4.46. The molecule has 0 bridgehead atoms. The van der Waals surface area contributed by atoms with Crippen molar-refractivity contribution in [2.75, 3.05) is 21.3 Å². The molecule has 0 radical (unpaired) electrons. The van der Waals surface area contributed by atoms with Gasteiger partial charge in [0, 0.05) is 21.2 Å². The average Bonchev–Trinajstić information content (AvgIpc) is 2.72. The summed E-state index contributed by atoms with van der Waals surface area (Å²) in [5, 5.41) is 0.849. The van der Waals surface area contributed by atoms with Crippen LogP contribution in [0, 0.1) is 0 Å². The van der Waals surface area contributed by atoms with Crippen molar-refractivity contribution in [2.24, 2.45) is 0 Å². The van der Waals surface area contributed by atoms with Crippen molar-refractivity contribution in [1.82, 2.24) is 9.97 Å². The van der Waals surface area contributed by atoms with Crippen LogP contribution in [-0.4, -0.2) is 37.3 Å². The number of esters is 1. The number of halogens is 2. The molecule has 29 heavy (non-hydrogen) atoms. The molecule has 0 atom stereocenters. The maximum absolute atomic E-state index is 12.6. The molecule has 2 aromatic carbocycles. The summed E-state index contributed by atoms with van der Waals surface area (Å²) < 4.78 is 21.0. The van der Waals surface area contributed by atoms with Crippen molar-refractivity contribution in [2.45, 2.75) is 0 Å². The van der Waals surface area contributed by atoms with Gasteiger partial charge in [-0.15, -0.1) is 0 Å². The van der Waals surface area contributed by atoms with Gasteiger partial charge in [-0.1, -0.05) is 41.4 Å². The van der Waals surface area contributed by atoms with Gasteiger partial charge in [0.05, 0.1) is 27.4 Å². The van der Waals surface area contributed by atoms with E-state index in [9.17, 15) is 4.79 Å². The van der Waals surface area contributed by atoms with E-state index in [2.05, 4.69) is 9.97 Å². The van der Waals surface area contributed by atoms with Crippen LogP contribution < -0.4 is 14.2 Å². The highest BCUT2D eigenvalue weighted by Gasteiger charge is 2.22. The minimum Gasteiger partial charge on any atom is -0.481 e. The Hall–Kier alpha value is -3.03. The molecule has 3 aromatic rings. The summed E-state index contributed by atoms with van der Waals surface area (Å²) in [6, 6.07) is 11.4. The van der Waals surface area contributed by atoms with Gasteiger partial charge in [-0.05, 0) is 18.2 Å². The van der Waals surface area contributed by atoms with Gasteiger partial charge >= 0.3 is 12.0 Å². The zero-order chi connectivity index (χ0) is 21.0. The molecular weight excluding hydrogens is 419 g/mol. The normalized spacial score (nSPS) is 10.4. The van der Waals surface area contributed by atoms with Crippen molar-refractivity contribution < 1.29 is 23.7 Å². The number of carbonyl (C=O) groups is 1. The predicted octanol–water partition coefficient (Wildman–Crippen LogP) is 5.05. The average molecular weight is 435 g/mol. The summed E-state index contributed by atoms with van der Waals surface area (Å²) >= 11 is 12.3. The molecule has 7 nitrogen and oxygen atoms in total. The van der Waals surface area contributed by atoms with Gasteiger partial charge < -0.3 is 18.9 Å². The number of methoxy groups -OCH3 is 3. The lowest BCUT2D eigenvalue weighted by molar-refractivity contribution is 0.0598. The van der Waals surface area contributed by atoms with Crippen LogP contribution in [0.15, 0.2) is 42.5 Å². The van der Waals surface area contributed by atoms with E-state index >= 15 is 0 Å². The molecule has 0 unspecified atom stereocenters. The molecule has 1 heterocycles. The highest BCUT2D eigenvalue weighted by atomic mass is 35.5. The Bertz CT molecular complexity index is 1040. The Balaban J connectivity index is 2.14. The topological polar surface area (TPSA) is 79.8 Å². The maximum atomic E-state index is 12.6.